The van der Waals surface area contributed by atoms with Gasteiger partial charge in [0.2, 0.25) is 0 Å². The maximum atomic E-state index is 9.90. The highest BCUT2D eigenvalue weighted by molar-refractivity contribution is 5.13. The highest BCUT2D eigenvalue weighted by Crippen LogP contribution is 2.07. The predicted molar refractivity (Wildman–Crippen MR) is 61.9 cm³/mol. The first-order valence-electron chi connectivity index (χ1n) is 5.30. The SMILES string of the molecule is OC(Cc1cccnc1)Cc1cccnc1. The van der Waals surface area contributed by atoms with Crippen molar-refractivity contribution in [1.82, 2.24) is 9.97 Å². The molecule has 0 spiro atoms. The third kappa shape index (κ3) is 3.14. The molecule has 2 aromatic heterocycles. The van der Waals surface area contributed by atoms with Crippen LogP contribution in [0.15, 0.2) is 49.1 Å². The first-order chi connectivity index (χ1) is 7.84. The Morgan fingerprint density at radius 1 is 0.938 bits per heavy atom. The molecule has 3 nitrogen and oxygen atoms in total. The molecule has 1 N–H and O–H groups in total. The first kappa shape index (κ1) is 10.8. The number of pyridine rings is 2. The Bertz CT molecular complexity index is 375. The number of aliphatic hydroxyl groups is 1. The monoisotopic (exact) mass is 214 g/mol. The van der Waals surface area contributed by atoms with Gasteiger partial charge in [-0.2, -0.15) is 0 Å². The second-order valence-electron chi connectivity index (χ2n) is 3.78. The topological polar surface area (TPSA) is 46.0 Å². The van der Waals surface area contributed by atoms with Gasteiger partial charge in [-0.05, 0) is 23.3 Å². The second-order valence-corrected chi connectivity index (χ2v) is 3.78. The molecular weight excluding hydrogens is 200 g/mol. The van der Waals surface area contributed by atoms with Gasteiger partial charge in [0.15, 0.2) is 0 Å². The summed E-state index contributed by atoms with van der Waals surface area (Å²) in [5.41, 5.74) is 2.11. The normalized spacial score (nSPS) is 10.6. The molecule has 0 radical (unpaired) electrons. The molecule has 0 unspecified atom stereocenters. The minimum absolute atomic E-state index is 0.381. The van der Waals surface area contributed by atoms with E-state index >= 15 is 0 Å². The lowest BCUT2D eigenvalue weighted by Crippen LogP contribution is -2.14. The third-order valence-corrected chi connectivity index (χ3v) is 2.39. The van der Waals surface area contributed by atoms with E-state index in [1.807, 2.05) is 24.3 Å². The van der Waals surface area contributed by atoms with E-state index in [1.54, 1.807) is 24.8 Å². The summed E-state index contributed by atoms with van der Waals surface area (Å²) in [6, 6.07) is 7.71. The Balaban J connectivity index is 1.92. The van der Waals surface area contributed by atoms with Crippen LogP contribution in [-0.4, -0.2) is 21.2 Å². The van der Waals surface area contributed by atoms with Crippen LogP contribution >= 0.6 is 0 Å². The van der Waals surface area contributed by atoms with Crippen molar-refractivity contribution >= 4 is 0 Å². The van der Waals surface area contributed by atoms with Crippen LogP contribution in [0.3, 0.4) is 0 Å². The van der Waals surface area contributed by atoms with Gasteiger partial charge in [-0.3, -0.25) is 9.97 Å². The van der Waals surface area contributed by atoms with Crippen LogP contribution in [-0.2, 0) is 12.8 Å². The van der Waals surface area contributed by atoms with Crippen molar-refractivity contribution in [1.29, 1.82) is 0 Å². The van der Waals surface area contributed by atoms with E-state index in [-0.39, 0.29) is 6.10 Å². The number of hydrogen-bond acceptors (Lipinski definition) is 3. The minimum atomic E-state index is -0.381. The van der Waals surface area contributed by atoms with Crippen molar-refractivity contribution in [2.24, 2.45) is 0 Å². The Morgan fingerprint density at radius 3 is 1.81 bits per heavy atom. The molecule has 0 fully saturated rings. The second kappa shape index (κ2) is 5.37. The van der Waals surface area contributed by atoms with E-state index in [0.717, 1.165) is 11.1 Å². The summed E-state index contributed by atoms with van der Waals surface area (Å²) in [5.74, 6) is 0. The molecule has 2 aromatic rings. The molecular formula is C13H14N2O. The van der Waals surface area contributed by atoms with Crippen molar-refractivity contribution in [2.45, 2.75) is 18.9 Å². The van der Waals surface area contributed by atoms with Crippen molar-refractivity contribution < 1.29 is 5.11 Å². The maximum absolute atomic E-state index is 9.90. The Morgan fingerprint density at radius 2 is 1.44 bits per heavy atom. The standard InChI is InChI=1S/C13H14N2O/c16-13(7-11-3-1-5-14-9-11)8-12-4-2-6-15-10-12/h1-6,9-10,13,16H,7-8H2. The fraction of sp³-hybridized carbons (Fsp3) is 0.231. The highest BCUT2D eigenvalue weighted by Gasteiger charge is 2.06. The van der Waals surface area contributed by atoms with Crippen molar-refractivity contribution in [3.63, 3.8) is 0 Å². The van der Waals surface area contributed by atoms with Crippen molar-refractivity contribution in [3.05, 3.63) is 60.2 Å². The molecule has 0 amide bonds. The average molecular weight is 214 g/mol. The van der Waals surface area contributed by atoms with Gasteiger partial charge in [-0.25, -0.2) is 0 Å². The Kier molecular flexibility index (Phi) is 3.62. The van der Waals surface area contributed by atoms with Gasteiger partial charge in [0.1, 0.15) is 0 Å². The quantitative estimate of drug-likeness (QED) is 0.841. The summed E-state index contributed by atoms with van der Waals surface area (Å²) < 4.78 is 0. The average Bonchev–Trinajstić information content (AvgIpc) is 2.31. The smallest absolute Gasteiger partial charge is 0.0621 e. The van der Waals surface area contributed by atoms with E-state index < -0.39 is 0 Å². The molecule has 0 aliphatic carbocycles. The molecule has 0 atom stereocenters. The van der Waals surface area contributed by atoms with E-state index in [4.69, 9.17) is 0 Å². The lowest BCUT2D eigenvalue weighted by molar-refractivity contribution is 0.175. The third-order valence-electron chi connectivity index (χ3n) is 2.39. The van der Waals surface area contributed by atoms with Crippen LogP contribution in [0.2, 0.25) is 0 Å². The van der Waals surface area contributed by atoms with Crippen LogP contribution in [0.25, 0.3) is 0 Å². The summed E-state index contributed by atoms with van der Waals surface area (Å²) in [6.45, 7) is 0. The predicted octanol–water partition coefficient (Wildman–Crippen LogP) is 1.62. The van der Waals surface area contributed by atoms with Crippen molar-refractivity contribution in [3.8, 4) is 0 Å². The van der Waals surface area contributed by atoms with Crippen LogP contribution in [0.5, 0.6) is 0 Å². The molecule has 0 saturated heterocycles. The maximum Gasteiger partial charge on any atom is 0.0621 e. The van der Waals surface area contributed by atoms with Crippen LogP contribution in [0.4, 0.5) is 0 Å². The number of nitrogens with zero attached hydrogens (tertiary/aromatic N) is 2. The molecule has 2 heterocycles. The number of aliphatic hydroxyl groups excluding tert-OH is 1. The molecule has 2 rings (SSSR count). The minimum Gasteiger partial charge on any atom is -0.392 e. The Hall–Kier alpha value is -1.74. The van der Waals surface area contributed by atoms with Crippen molar-refractivity contribution in [2.75, 3.05) is 0 Å². The van der Waals surface area contributed by atoms with Gasteiger partial charge in [-0.1, -0.05) is 12.1 Å². The van der Waals surface area contributed by atoms with Crippen LogP contribution in [0.1, 0.15) is 11.1 Å². The van der Waals surface area contributed by atoms with E-state index in [2.05, 4.69) is 9.97 Å². The number of aromatic nitrogens is 2. The molecule has 0 aromatic carbocycles. The lowest BCUT2D eigenvalue weighted by Gasteiger charge is -2.09. The Labute approximate surface area is 94.8 Å². The molecule has 0 aliphatic heterocycles. The van der Waals surface area contributed by atoms with E-state index in [1.165, 1.54) is 0 Å². The summed E-state index contributed by atoms with van der Waals surface area (Å²) in [4.78, 5) is 8.04. The van der Waals surface area contributed by atoms with Gasteiger partial charge >= 0.3 is 0 Å². The molecule has 0 saturated carbocycles. The fourth-order valence-electron chi connectivity index (χ4n) is 1.65. The zero-order valence-corrected chi connectivity index (χ0v) is 8.95. The zero-order valence-electron chi connectivity index (χ0n) is 8.95. The summed E-state index contributed by atoms with van der Waals surface area (Å²) >= 11 is 0. The van der Waals surface area contributed by atoms with Gasteiger partial charge in [0.25, 0.3) is 0 Å². The van der Waals surface area contributed by atoms with Gasteiger partial charge in [0, 0.05) is 37.6 Å². The number of rotatable bonds is 4. The summed E-state index contributed by atoms with van der Waals surface area (Å²) in [5, 5.41) is 9.90. The largest absolute Gasteiger partial charge is 0.392 e. The first-order valence-corrected chi connectivity index (χ1v) is 5.30. The highest BCUT2D eigenvalue weighted by atomic mass is 16.3. The molecule has 0 aliphatic rings. The summed E-state index contributed by atoms with van der Waals surface area (Å²) in [7, 11) is 0. The molecule has 82 valence electrons. The molecule has 3 heteroatoms. The molecule has 16 heavy (non-hydrogen) atoms. The lowest BCUT2D eigenvalue weighted by atomic mass is 10.0. The van der Waals surface area contributed by atoms with E-state index in [9.17, 15) is 5.11 Å². The summed E-state index contributed by atoms with van der Waals surface area (Å²) in [6.07, 6.45) is 7.91. The fourth-order valence-corrected chi connectivity index (χ4v) is 1.65. The van der Waals surface area contributed by atoms with Crippen LogP contribution in [0, 0.1) is 0 Å². The zero-order chi connectivity index (χ0) is 11.2. The van der Waals surface area contributed by atoms with E-state index in [0.29, 0.717) is 12.8 Å². The number of hydrogen-bond donors (Lipinski definition) is 1. The van der Waals surface area contributed by atoms with Gasteiger partial charge < -0.3 is 5.11 Å². The van der Waals surface area contributed by atoms with Gasteiger partial charge in [0.05, 0.1) is 6.10 Å². The van der Waals surface area contributed by atoms with Crippen LogP contribution < -0.4 is 0 Å². The van der Waals surface area contributed by atoms with Gasteiger partial charge in [-0.15, -0.1) is 0 Å². The molecule has 0 bridgehead atoms.